The number of rotatable bonds is 1. The molecule has 0 spiro atoms. The fraction of sp³-hybridized carbons (Fsp3) is 0.333. The molecule has 2 aliphatic rings. The van der Waals surface area contributed by atoms with Crippen molar-refractivity contribution in [3.05, 3.63) is 44.1 Å². The Morgan fingerprint density at radius 2 is 1.07 bits per heavy atom. The number of hydrogen-bond acceptors (Lipinski definition) is 0. The van der Waals surface area contributed by atoms with Crippen LogP contribution in [-0.2, 0) is 0 Å². The van der Waals surface area contributed by atoms with Gasteiger partial charge in [-0.25, -0.2) is 0 Å². The van der Waals surface area contributed by atoms with Gasteiger partial charge in [0.15, 0.2) is 0 Å². The van der Waals surface area contributed by atoms with Crippen LogP contribution in [0.25, 0.3) is 0 Å². The van der Waals surface area contributed by atoms with Crippen molar-refractivity contribution in [3.63, 3.8) is 0 Å². The van der Waals surface area contributed by atoms with Gasteiger partial charge in [-0.15, -0.1) is 0 Å². The first-order valence-corrected chi connectivity index (χ1v) is 8.40. The Hall–Kier alpha value is -0.606. The van der Waals surface area contributed by atoms with E-state index in [4.69, 9.17) is 0 Å². The van der Waals surface area contributed by atoms with Crippen LogP contribution in [0.3, 0.4) is 0 Å². The molecule has 0 amide bonds. The minimum absolute atomic E-state index is 0.0605. The summed E-state index contributed by atoms with van der Waals surface area (Å²) in [5, 5.41) is 3.56. The highest BCUT2D eigenvalue weighted by atomic mass is 28.2. The fourth-order valence-corrected chi connectivity index (χ4v) is 6.99. The van der Waals surface area contributed by atoms with E-state index in [0.717, 1.165) is 0 Å². The zero-order chi connectivity index (χ0) is 10.3. The third-order valence-electron chi connectivity index (χ3n) is 3.68. The van der Waals surface area contributed by atoms with Crippen molar-refractivity contribution in [1.82, 2.24) is 0 Å². The van der Waals surface area contributed by atoms with Crippen LogP contribution in [0.5, 0.6) is 0 Å². The first-order valence-electron chi connectivity index (χ1n) is 5.35. The lowest BCUT2D eigenvalue weighted by Crippen LogP contribution is -2.01. The highest BCUT2D eigenvalue weighted by molar-refractivity contribution is 6.64. The van der Waals surface area contributed by atoms with Crippen molar-refractivity contribution in [1.29, 1.82) is 0 Å². The second-order valence-electron chi connectivity index (χ2n) is 4.39. The number of allylic oxidation sites excluding steroid dienone is 6. The number of hydrogen-bond donors (Lipinski definition) is 0. The summed E-state index contributed by atoms with van der Waals surface area (Å²) < 4.78 is 0. The zero-order valence-electron chi connectivity index (χ0n) is 9.57. The van der Waals surface area contributed by atoms with Crippen LogP contribution in [0.15, 0.2) is 44.1 Å². The predicted molar refractivity (Wildman–Crippen MR) is 70.0 cm³/mol. The summed E-state index contributed by atoms with van der Waals surface area (Å²) >= 11 is 0. The highest BCUT2D eigenvalue weighted by Crippen LogP contribution is 2.31. The lowest BCUT2D eigenvalue weighted by molar-refractivity contribution is 1.32. The molecule has 2 heterocycles. The van der Waals surface area contributed by atoms with E-state index in [1.54, 1.807) is 32.7 Å². The Kier molecular flexibility index (Phi) is 2.49. The van der Waals surface area contributed by atoms with E-state index in [0.29, 0.717) is 0 Å². The van der Waals surface area contributed by atoms with Crippen LogP contribution in [0.2, 0.25) is 0 Å². The first-order chi connectivity index (χ1) is 6.61. The molecule has 0 saturated carbocycles. The van der Waals surface area contributed by atoms with Gasteiger partial charge in [-0.1, -0.05) is 44.1 Å². The molecule has 0 N–H and O–H groups in total. The van der Waals surface area contributed by atoms with E-state index in [1.165, 1.54) is 0 Å². The standard InChI is InChI=1S/C12H18Si2/c1-7-5-13-11(9(7)3)12-10(4)8(2)6-14-12/h5-6H,13-14H2,1-4H3. The molecule has 74 valence electrons. The lowest BCUT2D eigenvalue weighted by atomic mass is 10.1. The van der Waals surface area contributed by atoms with Crippen LogP contribution in [0, 0.1) is 0 Å². The van der Waals surface area contributed by atoms with Crippen molar-refractivity contribution in [2.24, 2.45) is 0 Å². The minimum atomic E-state index is -0.0605. The third-order valence-corrected chi connectivity index (χ3v) is 8.54. The topological polar surface area (TPSA) is 0 Å². The Bertz CT molecular complexity index is 366. The average molecular weight is 218 g/mol. The molecule has 0 unspecified atom stereocenters. The van der Waals surface area contributed by atoms with Gasteiger partial charge < -0.3 is 0 Å². The third kappa shape index (κ3) is 1.42. The van der Waals surface area contributed by atoms with Crippen molar-refractivity contribution >= 4 is 19.0 Å². The average Bonchev–Trinajstić information content (AvgIpc) is 2.63. The SMILES string of the molecule is CC1=C[SiH2]C(C2=C(C)C(C)=C[SiH2]2)=C1C. The van der Waals surface area contributed by atoms with Gasteiger partial charge in [0, 0.05) is 0 Å². The Labute approximate surface area is 91.1 Å². The van der Waals surface area contributed by atoms with Crippen LogP contribution in [0.1, 0.15) is 27.7 Å². The van der Waals surface area contributed by atoms with E-state index in [1.807, 2.05) is 0 Å². The van der Waals surface area contributed by atoms with Crippen LogP contribution in [0.4, 0.5) is 0 Å². The second-order valence-corrected chi connectivity index (χ2v) is 7.44. The molecule has 2 heteroatoms. The van der Waals surface area contributed by atoms with Gasteiger partial charge in [0.05, 0.1) is 19.0 Å². The molecule has 0 atom stereocenters. The molecular weight excluding hydrogens is 200 g/mol. The maximum Gasteiger partial charge on any atom is 0.0789 e. The largest absolute Gasteiger partial charge is 0.0930 e. The molecule has 2 aliphatic heterocycles. The normalized spacial score (nSPS) is 25.4. The zero-order valence-corrected chi connectivity index (χ0v) is 12.4. The van der Waals surface area contributed by atoms with E-state index in [2.05, 4.69) is 39.1 Å². The molecule has 14 heavy (non-hydrogen) atoms. The van der Waals surface area contributed by atoms with E-state index < -0.39 is 0 Å². The summed E-state index contributed by atoms with van der Waals surface area (Å²) in [6.07, 6.45) is 0. The van der Waals surface area contributed by atoms with E-state index in [9.17, 15) is 0 Å². The summed E-state index contributed by atoms with van der Waals surface area (Å²) in [6.45, 7) is 9.15. The second kappa shape index (κ2) is 3.52. The van der Waals surface area contributed by atoms with Crippen molar-refractivity contribution in [2.75, 3.05) is 0 Å². The Morgan fingerprint density at radius 1 is 0.714 bits per heavy atom. The summed E-state index contributed by atoms with van der Waals surface area (Å²) in [5.41, 5.74) is 11.3. The summed E-state index contributed by atoms with van der Waals surface area (Å²) in [5.74, 6) is 0. The molecule has 0 radical (unpaired) electrons. The van der Waals surface area contributed by atoms with Gasteiger partial charge in [0.2, 0.25) is 0 Å². The van der Waals surface area contributed by atoms with Gasteiger partial charge in [0.1, 0.15) is 0 Å². The molecular formula is C12H18Si2. The molecule has 0 saturated heterocycles. The maximum absolute atomic E-state index is 2.51. The molecule has 2 rings (SSSR count). The van der Waals surface area contributed by atoms with Crippen LogP contribution in [-0.4, -0.2) is 19.0 Å². The monoisotopic (exact) mass is 218 g/mol. The molecule has 0 aromatic rings. The molecule has 0 aromatic heterocycles. The first kappa shape index (κ1) is 9.93. The highest BCUT2D eigenvalue weighted by Gasteiger charge is 2.19. The van der Waals surface area contributed by atoms with Gasteiger partial charge in [-0.2, -0.15) is 0 Å². The molecule has 0 aliphatic carbocycles. The maximum atomic E-state index is 2.51. The van der Waals surface area contributed by atoms with E-state index >= 15 is 0 Å². The van der Waals surface area contributed by atoms with Gasteiger partial charge in [0.25, 0.3) is 0 Å². The predicted octanol–water partition coefficient (Wildman–Crippen LogP) is 1.71. The smallest absolute Gasteiger partial charge is 0.0789 e. The minimum Gasteiger partial charge on any atom is -0.0930 e. The Morgan fingerprint density at radius 3 is 1.29 bits per heavy atom. The lowest BCUT2D eigenvalue weighted by Gasteiger charge is -2.09. The van der Waals surface area contributed by atoms with Crippen molar-refractivity contribution in [3.8, 4) is 0 Å². The van der Waals surface area contributed by atoms with Gasteiger partial charge in [-0.05, 0) is 27.7 Å². The quantitative estimate of drug-likeness (QED) is 0.588. The van der Waals surface area contributed by atoms with E-state index in [-0.39, 0.29) is 19.0 Å². The van der Waals surface area contributed by atoms with Crippen molar-refractivity contribution < 1.29 is 0 Å². The fourth-order valence-electron chi connectivity index (χ4n) is 2.30. The Balaban J connectivity index is 2.38. The summed E-state index contributed by atoms with van der Waals surface area (Å²) in [7, 11) is -0.121. The van der Waals surface area contributed by atoms with Gasteiger partial charge >= 0.3 is 0 Å². The summed E-state index contributed by atoms with van der Waals surface area (Å²) in [4.78, 5) is 0. The molecule has 0 bridgehead atoms. The molecule has 0 nitrogen and oxygen atoms in total. The van der Waals surface area contributed by atoms with Crippen molar-refractivity contribution in [2.45, 2.75) is 27.7 Å². The van der Waals surface area contributed by atoms with Gasteiger partial charge in [-0.3, -0.25) is 0 Å². The molecule has 0 aromatic carbocycles. The van der Waals surface area contributed by atoms with Crippen LogP contribution >= 0.6 is 0 Å². The summed E-state index contributed by atoms with van der Waals surface area (Å²) in [6, 6.07) is 0. The van der Waals surface area contributed by atoms with Crippen LogP contribution < -0.4 is 0 Å². The molecule has 0 fully saturated rings.